The van der Waals surface area contributed by atoms with Crippen molar-refractivity contribution < 1.29 is 0 Å². The van der Waals surface area contributed by atoms with E-state index in [1.807, 2.05) is 0 Å². The Kier molecular flexibility index (Phi) is 4.72. The first kappa shape index (κ1) is 11.3. The fraction of sp³-hybridized carbons (Fsp3) is 0.571. The monoisotopic (exact) mass is 190 g/mol. The zero-order chi connectivity index (χ0) is 10.4. The summed E-state index contributed by atoms with van der Waals surface area (Å²) in [4.78, 5) is 0. The quantitative estimate of drug-likeness (QED) is 0.652. The van der Waals surface area contributed by atoms with E-state index in [0.29, 0.717) is 0 Å². The Hall–Kier alpha value is -0.780. The normalized spacial score (nSPS) is 10.9. The summed E-state index contributed by atoms with van der Waals surface area (Å²) < 4.78 is 0. The first-order chi connectivity index (χ1) is 6.72. The molecule has 0 N–H and O–H groups in total. The van der Waals surface area contributed by atoms with Crippen molar-refractivity contribution in [3.8, 4) is 0 Å². The molecule has 0 fully saturated rings. The van der Waals surface area contributed by atoms with Gasteiger partial charge in [-0.1, -0.05) is 51.5 Å². The lowest BCUT2D eigenvalue weighted by Gasteiger charge is -2.06. The highest BCUT2D eigenvalue weighted by Crippen LogP contribution is 2.11. The minimum Gasteiger partial charge on any atom is -0.0654 e. The minimum absolute atomic E-state index is 0.761. The van der Waals surface area contributed by atoms with Crippen LogP contribution in [0.15, 0.2) is 24.3 Å². The molecular formula is C14H22. The summed E-state index contributed by atoms with van der Waals surface area (Å²) in [5.41, 5.74) is 2.96. The van der Waals surface area contributed by atoms with Crippen molar-refractivity contribution in [3.63, 3.8) is 0 Å². The number of benzene rings is 1. The highest BCUT2D eigenvalue weighted by Gasteiger charge is 1.97. The number of unbranched alkanes of at least 4 members (excludes halogenated alkanes) is 1. The molecule has 0 saturated carbocycles. The molecular weight excluding hydrogens is 168 g/mol. The van der Waals surface area contributed by atoms with Crippen LogP contribution in [0.1, 0.15) is 44.7 Å². The summed E-state index contributed by atoms with van der Waals surface area (Å²) in [6.07, 6.45) is 5.03. The molecule has 0 aliphatic rings. The Balaban J connectivity index is 2.50. The summed E-state index contributed by atoms with van der Waals surface area (Å²) in [7, 11) is 0. The number of rotatable bonds is 5. The van der Waals surface area contributed by atoms with Crippen molar-refractivity contribution in [3.05, 3.63) is 35.4 Å². The molecule has 0 aliphatic heterocycles. The first-order valence-electron chi connectivity index (χ1n) is 5.80. The molecule has 0 spiro atoms. The molecule has 1 aromatic carbocycles. The Bertz CT molecular complexity index is 243. The van der Waals surface area contributed by atoms with Crippen LogP contribution >= 0.6 is 0 Å². The third-order valence-electron chi connectivity index (χ3n) is 2.49. The summed E-state index contributed by atoms with van der Waals surface area (Å²) in [5, 5.41) is 0. The van der Waals surface area contributed by atoms with Crippen LogP contribution in [0.5, 0.6) is 0 Å². The van der Waals surface area contributed by atoms with E-state index in [9.17, 15) is 0 Å². The molecule has 14 heavy (non-hydrogen) atoms. The molecule has 0 saturated heterocycles. The lowest BCUT2D eigenvalue weighted by molar-refractivity contribution is 0.647. The van der Waals surface area contributed by atoms with Crippen LogP contribution in [-0.4, -0.2) is 0 Å². The fourth-order valence-electron chi connectivity index (χ4n) is 1.69. The number of hydrogen-bond acceptors (Lipinski definition) is 0. The third kappa shape index (κ3) is 3.95. The predicted molar refractivity (Wildman–Crippen MR) is 63.6 cm³/mol. The first-order valence-corrected chi connectivity index (χ1v) is 5.80. The lowest BCUT2D eigenvalue weighted by atomic mass is 10.0. The molecule has 0 bridgehead atoms. The lowest BCUT2D eigenvalue weighted by Crippen LogP contribution is -1.94. The molecule has 0 aromatic heterocycles. The molecule has 0 nitrogen and oxygen atoms in total. The highest BCUT2D eigenvalue weighted by atomic mass is 14.0. The van der Waals surface area contributed by atoms with Gasteiger partial charge < -0.3 is 0 Å². The van der Waals surface area contributed by atoms with E-state index in [-0.39, 0.29) is 0 Å². The molecule has 1 rings (SSSR count). The molecule has 1 aromatic rings. The zero-order valence-corrected chi connectivity index (χ0v) is 9.72. The second-order valence-corrected chi connectivity index (χ2v) is 4.52. The fourth-order valence-corrected chi connectivity index (χ4v) is 1.69. The van der Waals surface area contributed by atoms with Gasteiger partial charge in [-0.05, 0) is 36.3 Å². The van der Waals surface area contributed by atoms with Crippen LogP contribution in [0.4, 0.5) is 0 Å². The molecule has 0 heterocycles. The van der Waals surface area contributed by atoms with E-state index in [4.69, 9.17) is 0 Å². The number of aryl methyl sites for hydroxylation is 1. The van der Waals surface area contributed by atoms with Gasteiger partial charge in [0.1, 0.15) is 0 Å². The molecule has 0 radical (unpaired) electrons. The van der Waals surface area contributed by atoms with Crippen molar-refractivity contribution in [2.24, 2.45) is 5.92 Å². The van der Waals surface area contributed by atoms with E-state index in [1.165, 1.54) is 36.8 Å². The maximum atomic E-state index is 2.29. The second-order valence-electron chi connectivity index (χ2n) is 4.52. The van der Waals surface area contributed by atoms with E-state index in [2.05, 4.69) is 45.0 Å². The average molecular weight is 190 g/mol. The van der Waals surface area contributed by atoms with Crippen LogP contribution in [0.2, 0.25) is 0 Å². The SMILES string of the molecule is CCCCc1ccc(CC(C)C)cc1. The van der Waals surface area contributed by atoms with Crippen LogP contribution in [-0.2, 0) is 12.8 Å². The van der Waals surface area contributed by atoms with E-state index >= 15 is 0 Å². The second kappa shape index (κ2) is 5.85. The van der Waals surface area contributed by atoms with Gasteiger partial charge >= 0.3 is 0 Å². The van der Waals surface area contributed by atoms with Crippen LogP contribution < -0.4 is 0 Å². The maximum absolute atomic E-state index is 2.29. The Morgan fingerprint density at radius 1 is 1.00 bits per heavy atom. The molecule has 0 atom stereocenters. The van der Waals surface area contributed by atoms with E-state index in [1.54, 1.807) is 0 Å². The zero-order valence-electron chi connectivity index (χ0n) is 9.72. The minimum atomic E-state index is 0.761. The predicted octanol–water partition coefficient (Wildman–Crippen LogP) is 4.23. The van der Waals surface area contributed by atoms with E-state index in [0.717, 1.165) is 5.92 Å². The summed E-state index contributed by atoms with van der Waals surface area (Å²) in [6, 6.07) is 9.14. The summed E-state index contributed by atoms with van der Waals surface area (Å²) >= 11 is 0. The van der Waals surface area contributed by atoms with Gasteiger partial charge in [0.05, 0.1) is 0 Å². The van der Waals surface area contributed by atoms with Crippen molar-refractivity contribution in [1.29, 1.82) is 0 Å². The average Bonchev–Trinajstić information content (AvgIpc) is 2.16. The standard InChI is InChI=1S/C14H22/c1-4-5-6-13-7-9-14(10-8-13)11-12(2)3/h7-10,12H,4-6,11H2,1-3H3. The van der Waals surface area contributed by atoms with Gasteiger partial charge in [-0.2, -0.15) is 0 Å². The molecule has 0 unspecified atom stereocenters. The largest absolute Gasteiger partial charge is 0.0654 e. The third-order valence-corrected chi connectivity index (χ3v) is 2.49. The Morgan fingerprint density at radius 2 is 1.57 bits per heavy atom. The molecule has 0 amide bonds. The van der Waals surface area contributed by atoms with Crippen LogP contribution in [0, 0.1) is 5.92 Å². The van der Waals surface area contributed by atoms with Crippen molar-refractivity contribution in [2.45, 2.75) is 46.5 Å². The highest BCUT2D eigenvalue weighted by molar-refractivity contribution is 5.22. The van der Waals surface area contributed by atoms with Gasteiger partial charge in [-0.15, -0.1) is 0 Å². The Labute approximate surface area is 88.4 Å². The van der Waals surface area contributed by atoms with E-state index < -0.39 is 0 Å². The van der Waals surface area contributed by atoms with Crippen LogP contribution in [0.25, 0.3) is 0 Å². The van der Waals surface area contributed by atoms with Crippen molar-refractivity contribution in [1.82, 2.24) is 0 Å². The molecule has 0 aliphatic carbocycles. The summed E-state index contributed by atoms with van der Waals surface area (Å²) in [5.74, 6) is 0.761. The molecule has 0 heteroatoms. The van der Waals surface area contributed by atoms with Gasteiger partial charge in [0.2, 0.25) is 0 Å². The smallest absolute Gasteiger partial charge is 0.0256 e. The van der Waals surface area contributed by atoms with Gasteiger partial charge in [-0.25, -0.2) is 0 Å². The van der Waals surface area contributed by atoms with Crippen LogP contribution in [0.3, 0.4) is 0 Å². The van der Waals surface area contributed by atoms with Crippen molar-refractivity contribution >= 4 is 0 Å². The van der Waals surface area contributed by atoms with Gasteiger partial charge in [0, 0.05) is 0 Å². The number of hydrogen-bond donors (Lipinski definition) is 0. The van der Waals surface area contributed by atoms with Gasteiger partial charge in [0.25, 0.3) is 0 Å². The van der Waals surface area contributed by atoms with Gasteiger partial charge in [0.15, 0.2) is 0 Å². The summed E-state index contributed by atoms with van der Waals surface area (Å²) in [6.45, 7) is 6.78. The van der Waals surface area contributed by atoms with Gasteiger partial charge in [-0.3, -0.25) is 0 Å². The maximum Gasteiger partial charge on any atom is -0.0256 e. The topological polar surface area (TPSA) is 0 Å². The van der Waals surface area contributed by atoms with Crippen molar-refractivity contribution in [2.75, 3.05) is 0 Å². The Morgan fingerprint density at radius 3 is 2.07 bits per heavy atom. The molecule has 78 valence electrons.